The zero-order valence-corrected chi connectivity index (χ0v) is 11.0. The first kappa shape index (κ1) is 13.1. The van der Waals surface area contributed by atoms with E-state index in [0.717, 1.165) is 12.2 Å². The van der Waals surface area contributed by atoms with Gasteiger partial charge in [-0.05, 0) is 36.7 Å². The molecule has 16 heavy (non-hydrogen) atoms. The molecule has 0 N–H and O–H groups in total. The molecule has 0 fully saturated rings. The number of thioether (sulfide) groups is 1. The summed E-state index contributed by atoms with van der Waals surface area (Å²) in [6, 6.07) is 10.6. The minimum atomic E-state index is 0.545. The van der Waals surface area contributed by atoms with Crippen molar-refractivity contribution >= 4 is 11.8 Å². The molecule has 0 aliphatic carbocycles. The van der Waals surface area contributed by atoms with Crippen molar-refractivity contribution in [3.63, 3.8) is 0 Å². The topological polar surface area (TPSA) is 0 Å². The molecule has 0 saturated heterocycles. The first-order valence-electron chi connectivity index (χ1n) is 5.57. The summed E-state index contributed by atoms with van der Waals surface area (Å²) in [6.45, 7) is 12.2. The third-order valence-electron chi connectivity index (χ3n) is 2.55. The molecule has 0 amide bonds. The Hall–Kier alpha value is -0.950. The van der Waals surface area contributed by atoms with Crippen LogP contribution in [-0.2, 0) is 6.42 Å². The van der Waals surface area contributed by atoms with Crippen LogP contribution in [0.3, 0.4) is 0 Å². The van der Waals surface area contributed by atoms with Gasteiger partial charge in [-0.1, -0.05) is 49.1 Å². The smallest absolute Gasteiger partial charge is 0.00452 e. The predicted octanol–water partition coefficient (Wildman–Crippen LogP) is 4.69. The largest absolute Gasteiger partial charge is 0.131 e. The second-order valence-corrected chi connectivity index (χ2v) is 5.56. The Bertz CT molecular complexity index is 351. The molecule has 0 spiro atoms. The molecular weight excluding hydrogens is 212 g/mol. The van der Waals surface area contributed by atoms with E-state index in [9.17, 15) is 0 Å². The highest BCUT2D eigenvalue weighted by Crippen LogP contribution is 2.23. The van der Waals surface area contributed by atoms with Gasteiger partial charge in [0, 0.05) is 5.75 Å². The van der Waals surface area contributed by atoms with Gasteiger partial charge in [-0.2, -0.15) is 0 Å². The lowest BCUT2D eigenvalue weighted by atomic mass is 9.95. The molecule has 1 rings (SSSR count). The molecule has 86 valence electrons. The van der Waals surface area contributed by atoms with E-state index in [-0.39, 0.29) is 0 Å². The number of allylic oxidation sites excluding steroid dienone is 2. The summed E-state index contributed by atoms with van der Waals surface area (Å²) in [5, 5.41) is 0. The molecule has 0 saturated carbocycles. The zero-order chi connectivity index (χ0) is 12.0. The van der Waals surface area contributed by atoms with E-state index in [1.807, 2.05) is 11.8 Å². The van der Waals surface area contributed by atoms with Crippen LogP contribution in [0, 0.1) is 5.92 Å². The highest BCUT2D eigenvalue weighted by molar-refractivity contribution is 8.03. The second-order valence-electron chi connectivity index (χ2n) is 4.25. The first-order valence-corrected chi connectivity index (χ1v) is 6.55. The van der Waals surface area contributed by atoms with E-state index < -0.39 is 0 Å². The van der Waals surface area contributed by atoms with Crippen LogP contribution < -0.4 is 0 Å². The van der Waals surface area contributed by atoms with Gasteiger partial charge in [-0.3, -0.25) is 0 Å². The van der Waals surface area contributed by atoms with Crippen molar-refractivity contribution in [2.24, 2.45) is 5.92 Å². The Labute approximate surface area is 103 Å². The quantitative estimate of drug-likeness (QED) is 0.641. The van der Waals surface area contributed by atoms with Gasteiger partial charge < -0.3 is 0 Å². The summed E-state index contributed by atoms with van der Waals surface area (Å²) in [5.41, 5.74) is 2.65. The highest BCUT2D eigenvalue weighted by atomic mass is 32.2. The Morgan fingerprint density at radius 1 is 1.19 bits per heavy atom. The third kappa shape index (κ3) is 4.71. The van der Waals surface area contributed by atoms with Crippen molar-refractivity contribution in [3.8, 4) is 0 Å². The van der Waals surface area contributed by atoms with Gasteiger partial charge in [0.25, 0.3) is 0 Å². The Kier molecular flexibility index (Phi) is 5.41. The van der Waals surface area contributed by atoms with Crippen molar-refractivity contribution in [1.29, 1.82) is 0 Å². The Balaban J connectivity index is 2.58. The number of benzene rings is 1. The van der Waals surface area contributed by atoms with Crippen molar-refractivity contribution < 1.29 is 0 Å². The van der Waals surface area contributed by atoms with Gasteiger partial charge in [0.05, 0.1) is 0 Å². The molecule has 1 unspecified atom stereocenters. The van der Waals surface area contributed by atoms with Crippen LogP contribution in [0.25, 0.3) is 0 Å². The van der Waals surface area contributed by atoms with Crippen molar-refractivity contribution in [2.45, 2.75) is 20.3 Å². The highest BCUT2D eigenvalue weighted by Gasteiger charge is 2.10. The molecule has 1 aromatic carbocycles. The Morgan fingerprint density at radius 2 is 1.81 bits per heavy atom. The molecule has 0 bridgehead atoms. The fourth-order valence-electron chi connectivity index (χ4n) is 1.52. The van der Waals surface area contributed by atoms with E-state index in [1.165, 1.54) is 16.0 Å². The fraction of sp³-hybridized carbons (Fsp3) is 0.333. The lowest BCUT2D eigenvalue weighted by Crippen LogP contribution is -2.08. The summed E-state index contributed by atoms with van der Waals surface area (Å²) in [6.07, 6.45) is 1.08. The molecule has 1 atom stereocenters. The number of hydrogen-bond donors (Lipinski definition) is 0. The van der Waals surface area contributed by atoms with Gasteiger partial charge in [0.15, 0.2) is 0 Å². The van der Waals surface area contributed by atoms with Gasteiger partial charge in [-0.15, -0.1) is 11.8 Å². The van der Waals surface area contributed by atoms with Gasteiger partial charge >= 0.3 is 0 Å². The summed E-state index contributed by atoms with van der Waals surface area (Å²) in [4.78, 5) is 1.18. The molecule has 1 heteroatoms. The Morgan fingerprint density at radius 3 is 2.31 bits per heavy atom. The standard InChI is InChI=1S/C15H20S/c1-12(2)15(11-16-13(3)4)10-14-8-6-5-7-9-14/h5-9,15H,1,3,10-11H2,2,4H3. The summed E-state index contributed by atoms with van der Waals surface area (Å²) >= 11 is 1.83. The summed E-state index contributed by atoms with van der Waals surface area (Å²) in [5.74, 6) is 1.63. The zero-order valence-electron chi connectivity index (χ0n) is 10.2. The average Bonchev–Trinajstić information content (AvgIpc) is 2.25. The van der Waals surface area contributed by atoms with Crippen LogP contribution in [0.15, 0.2) is 54.0 Å². The van der Waals surface area contributed by atoms with E-state index >= 15 is 0 Å². The van der Waals surface area contributed by atoms with Crippen LogP contribution >= 0.6 is 11.8 Å². The molecule has 0 aromatic heterocycles. The molecule has 1 aromatic rings. The molecule has 0 aliphatic heterocycles. The van der Waals surface area contributed by atoms with Gasteiger partial charge in [0.1, 0.15) is 0 Å². The molecule has 0 heterocycles. The van der Waals surface area contributed by atoms with Crippen LogP contribution in [0.2, 0.25) is 0 Å². The summed E-state index contributed by atoms with van der Waals surface area (Å²) in [7, 11) is 0. The first-order chi connectivity index (χ1) is 7.59. The predicted molar refractivity (Wildman–Crippen MR) is 75.7 cm³/mol. The third-order valence-corrected chi connectivity index (χ3v) is 3.61. The van der Waals surface area contributed by atoms with E-state index in [0.29, 0.717) is 5.92 Å². The van der Waals surface area contributed by atoms with Crippen LogP contribution in [0.1, 0.15) is 19.4 Å². The SMILES string of the molecule is C=C(C)SCC(Cc1ccccc1)C(=C)C. The number of hydrogen-bond acceptors (Lipinski definition) is 1. The lowest BCUT2D eigenvalue weighted by molar-refractivity contribution is 0.692. The molecule has 0 aliphatic rings. The van der Waals surface area contributed by atoms with Crippen LogP contribution in [-0.4, -0.2) is 5.75 Å². The summed E-state index contributed by atoms with van der Waals surface area (Å²) < 4.78 is 0. The maximum atomic E-state index is 4.09. The second kappa shape index (κ2) is 6.59. The van der Waals surface area contributed by atoms with Gasteiger partial charge in [-0.25, -0.2) is 0 Å². The normalized spacial score (nSPS) is 12.1. The maximum Gasteiger partial charge on any atom is 0.00452 e. The molecule has 0 radical (unpaired) electrons. The minimum Gasteiger partial charge on any atom is -0.131 e. The van der Waals surface area contributed by atoms with Crippen LogP contribution in [0.4, 0.5) is 0 Å². The van der Waals surface area contributed by atoms with Crippen LogP contribution in [0.5, 0.6) is 0 Å². The van der Waals surface area contributed by atoms with Crippen molar-refractivity contribution in [1.82, 2.24) is 0 Å². The molecular formula is C15H20S. The maximum absolute atomic E-state index is 4.09. The average molecular weight is 232 g/mol. The van der Waals surface area contributed by atoms with E-state index in [1.54, 1.807) is 0 Å². The van der Waals surface area contributed by atoms with E-state index in [2.05, 4.69) is 57.3 Å². The monoisotopic (exact) mass is 232 g/mol. The van der Waals surface area contributed by atoms with Crippen molar-refractivity contribution in [3.05, 3.63) is 59.5 Å². The van der Waals surface area contributed by atoms with Crippen molar-refractivity contribution in [2.75, 3.05) is 5.75 Å². The number of rotatable bonds is 6. The van der Waals surface area contributed by atoms with E-state index in [4.69, 9.17) is 0 Å². The minimum absolute atomic E-state index is 0.545. The molecule has 0 nitrogen and oxygen atoms in total. The lowest BCUT2D eigenvalue weighted by Gasteiger charge is -2.16. The fourth-order valence-corrected chi connectivity index (χ4v) is 2.40. The van der Waals surface area contributed by atoms with Gasteiger partial charge in [0.2, 0.25) is 0 Å².